The molecule has 0 aromatic heterocycles. The second-order valence-corrected chi connectivity index (χ2v) is 4.80. The molecular weight excluding hydrogens is 211 g/mol. The van der Waals surface area contributed by atoms with Gasteiger partial charge in [-0.25, -0.2) is 4.57 Å². The number of hydrogen-bond donors (Lipinski definition) is 0. The molecule has 72 valence electrons. The van der Waals surface area contributed by atoms with Gasteiger partial charge in [-0.3, -0.25) is 4.52 Å². The molecule has 0 bridgehead atoms. The Hall–Kier alpha value is -0.500. The monoisotopic (exact) mass is 220 g/mol. The van der Waals surface area contributed by atoms with Crippen molar-refractivity contribution in [3.63, 3.8) is 0 Å². The van der Waals surface area contributed by atoms with Crippen LogP contribution in [0.15, 0.2) is 30.3 Å². The standard InChI is InChI=1S/C8H10ClO3P/c1-2-11-13(9,10)12-8-6-4-3-5-7-8/h3-7H,2H2,1H3. The first-order chi connectivity index (χ1) is 6.14. The molecule has 13 heavy (non-hydrogen) atoms. The minimum atomic E-state index is -3.44. The lowest BCUT2D eigenvalue weighted by Gasteiger charge is -2.10. The molecule has 1 atom stereocenters. The predicted octanol–water partition coefficient (Wildman–Crippen LogP) is 3.45. The molecule has 1 unspecified atom stereocenters. The highest BCUT2D eigenvalue weighted by molar-refractivity contribution is 7.81. The molecule has 1 aromatic carbocycles. The van der Waals surface area contributed by atoms with E-state index in [0.717, 1.165) is 0 Å². The van der Waals surface area contributed by atoms with E-state index in [0.29, 0.717) is 5.75 Å². The molecule has 1 rings (SSSR count). The zero-order chi connectivity index (χ0) is 9.73. The summed E-state index contributed by atoms with van der Waals surface area (Å²) >= 11 is 5.48. The summed E-state index contributed by atoms with van der Waals surface area (Å²) in [5.41, 5.74) is 0. The molecule has 3 nitrogen and oxygen atoms in total. The third-order valence-electron chi connectivity index (χ3n) is 1.24. The Labute approximate surface area is 81.9 Å². The van der Waals surface area contributed by atoms with E-state index in [1.165, 1.54) is 0 Å². The zero-order valence-electron chi connectivity index (χ0n) is 7.14. The molecule has 0 saturated heterocycles. The van der Waals surface area contributed by atoms with Gasteiger partial charge in [0.15, 0.2) is 0 Å². The van der Waals surface area contributed by atoms with Crippen LogP contribution >= 0.6 is 18.2 Å². The third kappa shape index (κ3) is 3.81. The Morgan fingerprint density at radius 1 is 1.38 bits per heavy atom. The van der Waals surface area contributed by atoms with Gasteiger partial charge in [0.1, 0.15) is 5.75 Å². The van der Waals surface area contributed by atoms with E-state index < -0.39 is 6.95 Å². The van der Waals surface area contributed by atoms with Crippen molar-refractivity contribution < 1.29 is 13.6 Å². The fraction of sp³-hybridized carbons (Fsp3) is 0.250. The Bertz CT molecular complexity index is 302. The summed E-state index contributed by atoms with van der Waals surface area (Å²) in [7, 11) is 0. The van der Waals surface area contributed by atoms with Gasteiger partial charge in [0.2, 0.25) is 0 Å². The van der Waals surface area contributed by atoms with E-state index in [9.17, 15) is 4.57 Å². The first-order valence-electron chi connectivity index (χ1n) is 3.83. The first-order valence-corrected chi connectivity index (χ1v) is 6.28. The van der Waals surface area contributed by atoms with Gasteiger partial charge in [-0.15, -0.1) is 0 Å². The Balaban J connectivity index is 2.64. The topological polar surface area (TPSA) is 35.5 Å². The van der Waals surface area contributed by atoms with Crippen molar-refractivity contribution in [2.24, 2.45) is 0 Å². The van der Waals surface area contributed by atoms with Crippen molar-refractivity contribution in [2.45, 2.75) is 6.92 Å². The SMILES string of the molecule is CCOP(=O)(Cl)Oc1ccccc1. The van der Waals surface area contributed by atoms with E-state index in [2.05, 4.69) is 0 Å². The lowest BCUT2D eigenvalue weighted by atomic mass is 10.3. The fourth-order valence-corrected chi connectivity index (χ4v) is 2.05. The van der Waals surface area contributed by atoms with Crippen LogP contribution in [0, 0.1) is 0 Å². The van der Waals surface area contributed by atoms with E-state index in [1.807, 2.05) is 6.07 Å². The normalized spacial score (nSPS) is 14.9. The highest BCUT2D eigenvalue weighted by atomic mass is 35.7. The third-order valence-corrected chi connectivity index (χ3v) is 2.74. The van der Waals surface area contributed by atoms with Crippen molar-refractivity contribution in [3.05, 3.63) is 30.3 Å². The van der Waals surface area contributed by atoms with Gasteiger partial charge in [-0.1, -0.05) is 18.2 Å². The van der Waals surface area contributed by atoms with Crippen LogP contribution in [0.2, 0.25) is 0 Å². The summed E-state index contributed by atoms with van der Waals surface area (Å²) in [6.07, 6.45) is 0. The van der Waals surface area contributed by atoms with Crippen LogP contribution in [0.1, 0.15) is 6.92 Å². The average molecular weight is 221 g/mol. The summed E-state index contributed by atoms with van der Waals surface area (Å²) in [5, 5.41) is 0. The summed E-state index contributed by atoms with van der Waals surface area (Å²) in [6, 6.07) is 8.67. The van der Waals surface area contributed by atoms with Crippen molar-refractivity contribution in [1.29, 1.82) is 0 Å². The average Bonchev–Trinajstić information content (AvgIpc) is 2.04. The lowest BCUT2D eigenvalue weighted by Crippen LogP contribution is -1.91. The van der Waals surface area contributed by atoms with Gasteiger partial charge in [-0.05, 0) is 19.1 Å². The summed E-state index contributed by atoms with van der Waals surface area (Å²) in [6.45, 7) is -1.49. The smallest absolute Gasteiger partial charge is 0.413 e. The van der Waals surface area contributed by atoms with Crippen LogP contribution in [0.25, 0.3) is 0 Å². The minimum Gasteiger partial charge on any atom is -0.413 e. The molecule has 0 saturated carbocycles. The van der Waals surface area contributed by atoms with Crippen LogP contribution in [-0.4, -0.2) is 6.61 Å². The molecule has 0 fully saturated rings. The maximum absolute atomic E-state index is 11.3. The van der Waals surface area contributed by atoms with E-state index in [-0.39, 0.29) is 6.61 Å². The second kappa shape index (κ2) is 4.66. The maximum atomic E-state index is 11.3. The second-order valence-electron chi connectivity index (χ2n) is 2.25. The molecule has 0 amide bonds. The van der Waals surface area contributed by atoms with Gasteiger partial charge in [0.25, 0.3) is 0 Å². The molecule has 0 heterocycles. The van der Waals surface area contributed by atoms with Crippen LogP contribution in [0.3, 0.4) is 0 Å². The number of rotatable bonds is 4. The van der Waals surface area contributed by atoms with E-state index in [1.54, 1.807) is 31.2 Å². The van der Waals surface area contributed by atoms with Crippen molar-refractivity contribution in [1.82, 2.24) is 0 Å². The molecule has 0 spiro atoms. The summed E-state index contributed by atoms with van der Waals surface area (Å²) in [5.74, 6) is 0.439. The van der Waals surface area contributed by atoms with Gasteiger partial charge in [0.05, 0.1) is 6.61 Å². The number of benzene rings is 1. The van der Waals surface area contributed by atoms with Gasteiger partial charge < -0.3 is 4.52 Å². The maximum Gasteiger partial charge on any atom is 0.476 e. The molecule has 0 aliphatic carbocycles. The van der Waals surface area contributed by atoms with Crippen molar-refractivity contribution in [3.8, 4) is 5.75 Å². The minimum absolute atomic E-state index is 0.258. The van der Waals surface area contributed by atoms with Crippen LogP contribution in [0.5, 0.6) is 5.75 Å². The van der Waals surface area contributed by atoms with Crippen LogP contribution in [-0.2, 0) is 9.09 Å². The number of para-hydroxylation sites is 1. The number of hydrogen-bond acceptors (Lipinski definition) is 3. The van der Waals surface area contributed by atoms with Crippen LogP contribution in [0.4, 0.5) is 0 Å². The molecule has 0 N–H and O–H groups in total. The van der Waals surface area contributed by atoms with Crippen molar-refractivity contribution >= 4 is 18.2 Å². The molecule has 1 aromatic rings. The van der Waals surface area contributed by atoms with E-state index in [4.69, 9.17) is 20.3 Å². The Morgan fingerprint density at radius 2 is 2.00 bits per heavy atom. The van der Waals surface area contributed by atoms with Crippen LogP contribution < -0.4 is 4.52 Å². The lowest BCUT2D eigenvalue weighted by molar-refractivity contribution is 0.295. The molecule has 0 aliphatic rings. The summed E-state index contributed by atoms with van der Waals surface area (Å²) < 4.78 is 21.0. The molecule has 5 heteroatoms. The quantitative estimate of drug-likeness (QED) is 0.729. The van der Waals surface area contributed by atoms with E-state index >= 15 is 0 Å². The molecule has 0 aliphatic heterocycles. The largest absolute Gasteiger partial charge is 0.476 e. The molecule has 0 radical (unpaired) electrons. The van der Waals surface area contributed by atoms with Gasteiger partial charge in [-0.2, -0.15) is 0 Å². The predicted molar refractivity (Wildman–Crippen MR) is 52.2 cm³/mol. The molecular formula is C8H10ClO3P. The fourth-order valence-electron chi connectivity index (χ4n) is 0.788. The highest BCUT2D eigenvalue weighted by Gasteiger charge is 2.21. The highest BCUT2D eigenvalue weighted by Crippen LogP contribution is 2.52. The Kier molecular flexibility index (Phi) is 3.79. The Morgan fingerprint density at radius 3 is 2.54 bits per heavy atom. The van der Waals surface area contributed by atoms with Crippen molar-refractivity contribution in [2.75, 3.05) is 6.61 Å². The summed E-state index contributed by atoms with van der Waals surface area (Å²) in [4.78, 5) is 0. The number of halogens is 1. The first kappa shape index (κ1) is 10.6. The van der Waals surface area contributed by atoms with Gasteiger partial charge >= 0.3 is 6.95 Å². The zero-order valence-corrected chi connectivity index (χ0v) is 8.79. The van der Waals surface area contributed by atoms with Gasteiger partial charge in [0, 0.05) is 11.2 Å².